The van der Waals surface area contributed by atoms with Crippen molar-refractivity contribution in [2.75, 3.05) is 21.3 Å². The van der Waals surface area contributed by atoms with Gasteiger partial charge in [0.2, 0.25) is 0 Å². The van der Waals surface area contributed by atoms with Crippen LogP contribution in [0.25, 0.3) is 0 Å². The van der Waals surface area contributed by atoms with Gasteiger partial charge in [0.1, 0.15) is 16.0 Å². The first-order valence-corrected chi connectivity index (χ1v) is 5.07. The molecule has 0 saturated heterocycles. The number of hydrogen-bond donors (Lipinski definition) is 1. The fourth-order valence-electron chi connectivity index (χ4n) is 1.23. The predicted molar refractivity (Wildman–Crippen MR) is 67.3 cm³/mol. The summed E-state index contributed by atoms with van der Waals surface area (Å²) in [7, 11) is 5.19. The summed E-state index contributed by atoms with van der Waals surface area (Å²) in [6.45, 7) is 0.792. The monoisotopic (exact) mass is 295 g/mol. The summed E-state index contributed by atoms with van der Waals surface area (Å²) in [5.74, 6) is 1.57. The molecule has 0 heterocycles. The number of hydrogen-bond acceptors (Lipinski definition) is 3. The van der Waals surface area contributed by atoms with Gasteiger partial charge < -0.3 is 14.8 Å². The molecule has 0 unspecified atom stereocenters. The number of methoxy groups -OCH3 is 2. The number of ether oxygens (including phenoxy) is 2. The molecule has 5 heteroatoms. The SMILES string of the molecule is CNCc1cc(OC)c(Br)c(OC)c1.Cl. The normalized spacial score (nSPS) is 9.33. The molecule has 0 amide bonds. The molecule has 0 bridgehead atoms. The molecule has 0 aliphatic carbocycles. The quantitative estimate of drug-likeness (QED) is 0.926. The van der Waals surface area contributed by atoms with Gasteiger partial charge in [-0.25, -0.2) is 0 Å². The molecule has 1 aromatic rings. The standard InChI is InChI=1S/C10H14BrNO2.ClH/c1-12-6-7-4-8(13-2)10(11)9(5-7)14-3;/h4-5,12H,6H2,1-3H3;1H. The van der Waals surface area contributed by atoms with Gasteiger partial charge in [-0.2, -0.15) is 0 Å². The van der Waals surface area contributed by atoms with Crippen LogP contribution in [0.5, 0.6) is 11.5 Å². The van der Waals surface area contributed by atoms with E-state index in [-0.39, 0.29) is 12.4 Å². The molecule has 0 atom stereocenters. The van der Waals surface area contributed by atoms with Crippen LogP contribution in [0, 0.1) is 0 Å². The van der Waals surface area contributed by atoms with Crippen LogP contribution >= 0.6 is 28.3 Å². The average molecular weight is 297 g/mol. The van der Waals surface area contributed by atoms with E-state index in [9.17, 15) is 0 Å². The topological polar surface area (TPSA) is 30.5 Å². The van der Waals surface area contributed by atoms with E-state index in [2.05, 4.69) is 21.2 Å². The van der Waals surface area contributed by atoms with Crippen LogP contribution in [-0.2, 0) is 6.54 Å². The lowest BCUT2D eigenvalue weighted by Gasteiger charge is -2.11. The van der Waals surface area contributed by atoms with Gasteiger partial charge in [-0.3, -0.25) is 0 Å². The zero-order chi connectivity index (χ0) is 10.6. The highest BCUT2D eigenvalue weighted by molar-refractivity contribution is 9.10. The fraction of sp³-hybridized carbons (Fsp3) is 0.400. The van der Waals surface area contributed by atoms with Crippen molar-refractivity contribution in [2.45, 2.75) is 6.54 Å². The van der Waals surface area contributed by atoms with Crippen molar-refractivity contribution in [3.05, 3.63) is 22.2 Å². The van der Waals surface area contributed by atoms with Crippen molar-refractivity contribution in [1.82, 2.24) is 5.32 Å². The van der Waals surface area contributed by atoms with Crippen molar-refractivity contribution >= 4 is 28.3 Å². The molecule has 0 radical (unpaired) electrons. The Morgan fingerprint density at radius 2 is 1.67 bits per heavy atom. The van der Waals surface area contributed by atoms with Crippen molar-refractivity contribution in [1.29, 1.82) is 0 Å². The molecular weight excluding hydrogens is 281 g/mol. The molecule has 1 N–H and O–H groups in total. The molecule has 3 nitrogen and oxygen atoms in total. The Labute approximate surface area is 105 Å². The maximum absolute atomic E-state index is 5.22. The highest BCUT2D eigenvalue weighted by Crippen LogP contribution is 2.35. The van der Waals surface area contributed by atoms with Gasteiger partial charge in [-0.15, -0.1) is 12.4 Å². The summed E-state index contributed by atoms with van der Waals surface area (Å²) in [5.41, 5.74) is 1.13. The van der Waals surface area contributed by atoms with E-state index < -0.39 is 0 Å². The van der Waals surface area contributed by atoms with E-state index in [1.165, 1.54) is 0 Å². The summed E-state index contributed by atoms with van der Waals surface area (Å²) < 4.78 is 11.3. The molecule has 0 spiro atoms. The summed E-state index contributed by atoms with van der Waals surface area (Å²) in [6, 6.07) is 3.95. The third-order valence-electron chi connectivity index (χ3n) is 1.89. The summed E-state index contributed by atoms with van der Waals surface area (Å²) in [4.78, 5) is 0. The van der Waals surface area contributed by atoms with E-state index in [1.807, 2.05) is 19.2 Å². The van der Waals surface area contributed by atoms with E-state index in [1.54, 1.807) is 14.2 Å². The van der Waals surface area contributed by atoms with Gasteiger partial charge in [0.15, 0.2) is 0 Å². The number of benzene rings is 1. The van der Waals surface area contributed by atoms with Gasteiger partial charge in [-0.05, 0) is 40.7 Å². The second kappa shape index (κ2) is 6.93. The minimum Gasteiger partial charge on any atom is -0.495 e. The fourth-order valence-corrected chi connectivity index (χ4v) is 1.78. The van der Waals surface area contributed by atoms with Crippen molar-refractivity contribution in [3.8, 4) is 11.5 Å². The van der Waals surface area contributed by atoms with Crippen LogP contribution in [0.2, 0.25) is 0 Å². The van der Waals surface area contributed by atoms with Crippen LogP contribution in [0.15, 0.2) is 16.6 Å². The minimum absolute atomic E-state index is 0. The second-order valence-electron chi connectivity index (χ2n) is 2.84. The van der Waals surface area contributed by atoms with Gasteiger partial charge >= 0.3 is 0 Å². The van der Waals surface area contributed by atoms with E-state index in [4.69, 9.17) is 9.47 Å². The highest BCUT2D eigenvalue weighted by Gasteiger charge is 2.08. The Kier molecular flexibility index (Phi) is 6.72. The van der Waals surface area contributed by atoms with Crippen molar-refractivity contribution in [2.24, 2.45) is 0 Å². The number of rotatable bonds is 4. The third-order valence-corrected chi connectivity index (χ3v) is 2.67. The van der Waals surface area contributed by atoms with E-state index in [0.29, 0.717) is 0 Å². The Morgan fingerprint density at radius 3 is 2.00 bits per heavy atom. The number of halogens is 2. The largest absolute Gasteiger partial charge is 0.495 e. The summed E-state index contributed by atoms with van der Waals surface area (Å²) in [6.07, 6.45) is 0. The first kappa shape index (κ1) is 14.6. The van der Waals surface area contributed by atoms with Crippen LogP contribution in [0.4, 0.5) is 0 Å². The molecule has 0 aliphatic heterocycles. The van der Waals surface area contributed by atoms with Gasteiger partial charge in [-0.1, -0.05) is 0 Å². The Hall–Kier alpha value is -0.450. The molecule has 86 valence electrons. The number of nitrogens with one attached hydrogen (secondary N) is 1. The lowest BCUT2D eigenvalue weighted by Crippen LogP contribution is -2.05. The Bertz CT molecular complexity index is 295. The average Bonchev–Trinajstić information content (AvgIpc) is 2.20. The predicted octanol–water partition coefficient (Wildman–Crippen LogP) is 2.61. The molecule has 0 fully saturated rings. The van der Waals surface area contributed by atoms with Crippen LogP contribution < -0.4 is 14.8 Å². The zero-order valence-corrected chi connectivity index (χ0v) is 11.4. The van der Waals surface area contributed by atoms with Gasteiger partial charge in [0.05, 0.1) is 14.2 Å². The molecule has 1 aromatic carbocycles. The van der Waals surface area contributed by atoms with Crippen LogP contribution in [0.3, 0.4) is 0 Å². The zero-order valence-electron chi connectivity index (χ0n) is 8.96. The maximum Gasteiger partial charge on any atom is 0.137 e. The minimum atomic E-state index is 0. The smallest absolute Gasteiger partial charge is 0.137 e. The van der Waals surface area contributed by atoms with Gasteiger partial charge in [0, 0.05) is 6.54 Å². The highest BCUT2D eigenvalue weighted by atomic mass is 79.9. The molecule has 15 heavy (non-hydrogen) atoms. The van der Waals surface area contributed by atoms with Crippen LogP contribution in [-0.4, -0.2) is 21.3 Å². The third kappa shape index (κ3) is 3.55. The maximum atomic E-state index is 5.22. The molecular formula is C10H15BrClNO2. The van der Waals surface area contributed by atoms with E-state index in [0.717, 1.165) is 28.1 Å². The lowest BCUT2D eigenvalue weighted by molar-refractivity contribution is 0.388. The van der Waals surface area contributed by atoms with E-state index >= 15 is 0 Å². The molecule has 0 aliphatic rings. The van der Waals surface area contributed by atoms with Crippen molar-refractivity contribution < 1.29 is 9.47 Å². The molecule has 0 aromatic heterocycles. The second-order valence-corrected chi connectivity index (χ2v) is 3.64. The van der Waals surface area contributed by atoms with Gasteiger partial charge in [0.25, 0.3) is 0 Å². The van der Waals surface area contributed by atoms with Crippen LogP contribution in [0.1, 0.15) is 5.56 Å². The lowest BCUT2D eigenvalue weighted by atomic mass is 10.2. The molecule has 1 rings (SSSR count). The molecule has 0 saturated carbocycles. The Balaban J connectivity index is 0.00000196. The first-order chi connectivity index (χ1) is 6.72. The summed E-state index contributed by atoms with van der Waals surface area (Å²) >= 11 is 3.42. The van der Waals surface area contributed by atoms with Crippen molar-refractivity contribution in [3.63, 3.8) is 0 Å². The summed E-state index contributed by atoms with van der Waals surface area (Å²) in [5, 5.41) is 3.08. The first-order valence-electron chi connectivity index (χ1n) is 4.28. The Morgan fingerprint density at radius 1 is 1.20 bits per heavy atom.